The Hall–Kier alpha value is -1.95. The Kier molecular flexibility index (Phi) is 3.41. The van der Waals surface area contributed by atoms with Gasteiger partial charge in [-0.15, -0.1) is 0 Å². The number of pyridine rings is 1. The molecule has 6 nitrogen and oxygen atoms in total. The van der Waals surface area contributed by atoms with Crippen LogP contribution in [0, 0.1) is 5.92 Å². The molecule has 1 saturated carbocycles. The standard InChI is InChI=1S/C13H17N5O/c1-19-7-12(10-4-5-10)17-11-3-2-6-15-13(11)18-9-14-8-16-18/h2-3,6,8-10,12,17H,4-5,7H2,1H3. The lowest BCUT2D eigenvalue weighted by molar-refractivity contribution is 0.179. The van der Waals surface area contributed by atoms with Gasteiger partial charge in [0.25, 0.3) is 0 Å². The van der Waals surface area contributed by atoms with Crippen LogP contribution in [0.25, 0.3) is 5.82 Å². The van der Waals surface area contributed by atoms with E-state index in [0.717, 1.165) is 11.5 Å². The first-order chi connectivity index (χ1) is 9.38. The fourth-order valence-electron chi connectivity index (χ4n) is 2.18. The third-order valence-corrected chi connectivity index (χ3v) is 3.30. The lowest BCUT2D eigenvalue weighted by Gasteiger charge is -2.20. The molecule has 1 fully saturated rings. The number of methoxy groups -OCH3 is 1. The average molecular weight is 259 g/mol. The van der Waals surface area contributed by atoms with Crippen molar-refractivity contribution in [2.45, 2.75) is 18.9 Å². The molecule has 6 heteroatoms. The minimum Gasteiger partial charge on any atom is -0.383 e. The molecule has 0 aromatic carbocycles. The van der Waals surface area contributed by atoms with E-state index in [9.17, 15) is 0 Å². The van der Waals surface area contributed by atoms with E-state index in [2.05, 4.69) is 20.4 Å². The van der Waals surface area contributed by atoms with E-state index in [4.69, 9.17) is 4.74 Å². The first-order valence-electron chi connectivity index (χ1n) is 6.44. The van der Waals surface area contributed by atoms with Gasteiger partial charge in [0.2, 0.25) is 0 Å². The molecule has 0 radical (unpaired) electrons. The molecule has 1 atom stereocenters. The topological polar surface area (TPSA) is 64.9 Å². The molecule has 0 aliphatic heterocycles. The second kappa shape index (κ2) is 5.36. The fourth-order valence-corrected chi connectivity index (χ4v) is 2.18. The van der Waals surface area contributed by atoms with Crippen molar-refractivity contribution >= 4 is 5.69 Å². The first-order valence-corrected chi connectivity index (χ1v) is 6.44. The predicted molar refractivity (Wildman–Crippen MR) is 71.2 cm³/mol. The summed E-state index contributed by atoms with van der Waals surface area (Å²) in [5.74, 6) is 1.46. The molecule has 0 amide bonds. The maximum Gasteiger partial charge on any atom is 0.178 e. The van der Waals surface area contributed by atoms with Crippen molar-refractivity contribution in [1.29, 1.82) is 0 Å². The molecule has 19 heavy (non-hydrogen) atoms. The number of nitrogens with one attached hydrogen (secondary N) is 1. The highest BCUT2D eigenvalue weighted by Crippen LogP contribution is 2.34. The van der Waals surface area contributed by atoms with Gasteiger partial charge in [-0.3, -0.25) is 0 Å². The van der Waals surface area contributed by atoms with Crippen LogP contribution in [0.3, 0.4) is 0 Å². The molecule has 2 heterocycles. The fraction of sp³-hybridized carbons (Fsp3) is 0.462. The van der Waals surface area contributed by atoms with Crippen LogP contribution in [-0.4, -0.2) is 39.5 Å². The van der Waals surface area contributed by atoms with Crippen molar-refractivity contribution in [1.82, 2.24) is 19.7 Å². The first kappa shape index (κ1) is 12.1. The van der Waals surface area contributed by atoms with Crippen LogP contribution in [0.4, 0.5) is 5.69 Å². The van der Waals surface area contributed by atoms with E-state index in [1.54, 1.807) is 24.3 Å². The van der Waals surface area contributed by atoms with Crippen molar-refractivity contribution in [2.75, 3.05) is 19.0 Å². The lowest BCUT2D eigenvalue weighted by Crippen LogP contribution is -2.28. The summed E-state index contributed by atoms with van der Waals surface area (Å²) < 4.78 is 6.96. The zero-order valence-corrected chi connectivity index (χ0v) is 10.9. The van der Waals surface area contributed by atoms with Crippen LogP contribution in [0.5, 0.6) is 0 Å². The second-order valence-electron chi connectivity index (χ2n) is 4.76. The van der Waals surface area contributed by atoms with E-state index in [1.807, 2.05) is 12.1 Å². The van der Waals surface area contributed by atoms with Gasteiger partial charge in [-0.25, -0.2) is 14.6 Å². The Morgan fingerprint density at radius 3 is 3.11 bits per heavy atom. The highest BCUT2D eigenvalue weighted by Gasteiger charge is 2.31. The zero-order chi connectivity index (χ0) is 13.1. The molecule has 0 bridgehead atoms. The minimum absolute atomic E-state index is 0.330. The maximum absolute atomic E-state index is 5.29. The van der Waals surface area contributed by atoms with Crippen molar-refractivity contribution < 1.29 is 4.74 Å². The largest absolute Gasteiger partial charge is 0.383 e. The van der Waals surface area contributed by atoms with Gasteiger partial charge in [-0.2, -0.15) is 5.10 Å². The van der Waals surface area contributed by atoms with E-state index < -0.39 is 0 Å². The van der Waals surface area contributed by atoms with Crippen molar-refractivity contribution in [3.8, 4) is 5.82 Å². The third kappa shape index (κ3) is 2.73. The number of hydrogen-bond donors (Lipinski definition) is 1. The van der Waals surface area contributed by atoms with Crippen LogP contribution in [0.1, 0.15) is 12.8 Å². The predicted octanol–water partition coefficient (Wildman–Crippen LogP) is 1.50. The van der Waals surface area contributed by atoms with Gasteiger partial charge in [0.1, 0.15) is 12.7 Å². The summed E-state index contributed by atoms with van der Waals surface area (Å²) in [6, 6.07) is 4.26. The SMILES string of the molecule is COCC(Nc1cccnc1-n1cncn1)C1CC1. The number of hydrogen-bond acceptors (Lipinski definition) is 5. The van der Waals surface area contributed by atoms with Crippen molar-refractivity contribution in [3.05, 3.63) is 31.0 Å². The molecule has 0 spiro atoms. The summed E-state index contributed by atoms with van der Waals surface area (Å²) in [5, 5.41) is 7.66. The molecule has 1 N–H and O–H groups in total. The Balaban J connectivity index is 1.83. The summed E-state index contributed by atoms with van der Waals surface area (Å²) in [6.07, 6.45) is 7.44. The second-order valence-corrected chi connectivity index (χ2v) is 4.76. The Morgan fingerprint density at radius 1 is 1.53 bits per heavy atom. The molecule has 1 aliphatic carbocycles. The summed E-state index contributed by atoms with van der Waals surface area (Å²) in [6.45, 7) is 0.705. The minimum atomic E-state index is 0.330. The van der Waals surface area contributed by atoms with Crippen LogP contribution >= 0.6 is 0 Å². The van der Waals surface area contributed by atoms with E-state index in [-0.39, 0.29) is 0 Å². The molecule has 1 aliphatic rings. The maximum atomic E-state index is 5.29. The molecule has 2 aromatic heterocycles. The summed E-state index contributed by atoms with van der Waals surface area (Å²) in [7, 11) is 1.73. The van der Waals surface area contributed by atoms with Crippen LogP contribution < -0.4 is 5.32 Å². The van der Waals surface area contributed by atoms with Gasteiger partial charge >= 0.3 is 0 Å². The molecule has 100 valence electrons. The summed E-state index contributed by atoms with van der Waals surface area (Å²) in [4.78, 5) is 8.33. The van der Waals surface area contributed by atoms with Gasteiger partial charge in [0.05, 0.1) is 18.3 Å². The van der Waals surface area contributed by atoms with E-state index >= 15 is 0 Å². The monoisotopic (exact) mass is 259 g/mol. The summed E-state index contributed by atoms with van der Waals surface area (Å²) in [5.41, 5.74) is 0.960. The molecular formula is C13H17N5O. The van der Waals surface area contributed by atoms with Gasteiger partial charge in [0.15, 0.2) is 5.82 Å². The van der Waals surface area contributed by atoms with Crippen molar-refractivity contribution in [3.63, 3.8) is 0 Å². The molecule has 2 aromatic rings. The van der Waals surface area contributed by atoms with Crippen LogP contribution in [0.2, 0.25) is 0 Å². The van der Waals surface area contributed by atoms with Gasteiger partial charge in [0, 0.05) is 13.3 Å². The van der Waals surface area contributed by atoms with Gasteiger partial charge < -0.3 is 10.1 Å². The number of anilines is 1. The molecule has 1 unspecified atom stereocenters. The Bertz CT molecular complexity index is 524. The highest BCUT2D eigenvalue weighted by atomic mass is 16.5. The molecular weight excluding hydrogens is 242 g/mol. The normalized spacial score (nSPS) is 16.3. The number of rotatable bonds is 6. The molecule has 0 saturated heterocycles. The average Bonchev–Trinajstić information content (AvgIpc) is 3.14. The highest BCUT2D eigenvalue weighted by molar-refractivity contribution is 5.56. The third-order valence-electron chi connectivity index (χ3n) is 3.30. The van der Waals surface area contributed by atoms with E-state index in [0.29, 0.717) is 18.6 Å². The number of nitrogens with zero attached hydrogens (tertiary/aromatic N) is 4. The molecule has 3 rings (SSSR count). The van der Waals surface area contributed by atoms with Crippen LogP contribution in [-0.2, 0) is 4.74 Å². The zero-order valence-electron chi connectivity index (χ0n) is 10.9. The van der Waals surface area contributed by atoms with E-state index in [1.165, 1.54) is 19.2 Å². The van der Waals surface area contributed by atoms with Crippen LogP contribution in [0.15, 0.2) is 31.0 Å². The quantitative estimate of drug-likeness (QED) is 0.851. The van der Waals surface area contributed by atoms with Crippen molar-refractivity contribution in [2.24, 2.45) is 5.92 Å². The van der Waals surface area contributed by atoms with Gasteiger partial charge in [-0.1, -0.05) is 0 Å². The Labute approximate surface area is 111 Å². The number of ether oxygens (including phenoxy) is 1. The number of aromatic nitrogens is 4. The van der Waals surface area contributed by atoms with Gasteiger partial charge in [-0.05, 0) is 30.9 Å². The lowest BCUT2D eigenvalue weighted by atomic mass is 10.2. The summed E-state index contributed by atoms with van der Waals surface area (Å²) >= 11 is 0. The Morgan fingerprint density at radius 2 is 2.42 bits per heavy atom. The smallest absolute Gasteiger partial charge is 0.178 e.